The van der Waals surface area contributed by atoms with Gasteiger partial charge in [-0.1, -0.05) is 76.5 Å². The van der Waals surface area contributed by atoms with Crippen molar-refractivity contribution in [3.8, 4) is 0 Å². The smallest absolute Gasteiger partial charge is 0.0627 e. The summed E-state index contributed by atoms with van der Waals surface area (Å²) in [6, 6.07) is 25.7. The summed E-state index contributed by atoms with van der Waals surface area (Å²) in [5.74, 6) is 0. The molecule has 0 N–H and O–H groups in total. The van der Waals surface area contributed by atoms with E-state index in [4.69, 9.17) is 15.0 Å². The molecular weight excluding hydrogens is 669 g/mol. The van der Waals surface area contributed by atoms with Crippen molar-refractivity contribution >= 4 is 52.8 Å². The highest BCUT2D eigenvalue weighted by atomic mass is 15.1. The third-order valence-electron chi connectivity index (χ3n) is 10.1. The SMILES string of the molecule is CC(C)=CCCC(C)(C)CC=Nc1ccc(N(c2ccc(N=CCC(C)(C)CCC=C(C)C)cc2)c2ccc(N=CCC(C)(C)CCC=C(C)C)cc2)cc1. The fourth-order valence-corrected chi connectivity index (χ4v) is 6.27. The maximum atomic E-state index is 4.85. The molecule has 296 valence electrons. The zero-order chi connectivity index (χ0) is 40.5. The number of benzene rings is 3. The Balaban J connectivity index is 1.82. The minimum Gasteiger partial charge on any atom is -0.310 e. The van der Waals surface area contributed by atoms with E-state index >= 15 is 0 Å². The van der Waals surface area contributed by atoms with Gasteiger partial charge >= 0.3 is 0 Å². The molecule has 0 fully saturated rings. The lowest BCUT2D eigenvalue weighted by Gasteiger charge is -2.26. The summed E-state index contributed by atoms with van der Waals surface area (Å²) in [5.41, 5.74) is 10.9. The quantitative estimate of drug-likeness (QED) is 0.0792. The predicted octanol–water partition coefficient (Wildman–Crippen LogP) is 16.8. The normalized spacial score (nSPS) is 12.4. The van der Waals surface area contributed by atoms with Gasteiger partial charge in [0.2, 0.25) is 0 Å². The summed E-state index contributed by atoms with van der Waals surface area (Å²) in [6.07, 6.45) is 22.9. The lowest BCUT2D eigenvalue weighted by Crippen LogP contribution is -2.11. The largest absolute Gasteiger partial charge is 0.310 e. The summed E-state index contributed by atoms with van der Waals surface area (Å²) in [6.45, 7) is 27.0. The number of rotatable bonds is 21. The van der Waals surface area contributed by atoms with Crippen molar-refractivity contribution in [3.05, 3.63) is 108 Å². The summed E-state index contributed by atoms with van der Waals surface area (Å²) in [7, 11) is 0. The van der Waals surface area contributed by atoms with Gasteiger partial charge in [-0.3, -0.25) is 15.0 Å². The Bertz CT molecular complexity index is 1550. The van der Waals surface area contributed by atoms with Crippen LogP contribution in [0.5, 0.6) is 0 Å². The minimum atomic E-state index is 0.210. The van der Waals surface area contributed by atoms with Crippen LogP contribution >= 0.6 is 0 Å². The fraction of sp³-hybridized carbons (Fsp3) is 0.471. The second-order valence-electron chi connectivity index (χ2n) is 18.4. The van der Waals surface area contributed by atoms with Gasteiger partial charge in [-0.25, -0.2) is 0 Å². The highest BCUT2D eigenvalue weighted by molar-refractivity contribution is 5.79. The second kappa shape index (κ2) is 21.7. The number of allylic oxidation sites excluding steroid dienone is 6. The number of anilines is 3. The number of aliphatic imine (C=N–C) groups is 3. The summed E-state index contributed by atoms with van der Waals surface area (Å²) in [5, 5.41) is 0. The molecule has 0 bridgehead atoms. The topological polar surface area (TPSA) is 40.3 Å². The van der Waals surface area contributed by atoms with E-state index in [-0.39, 0.29) is 16.2 Å². The minimum absolute atomic E-state index is 0.210. The van der Waals surface area contributed by atoms with E-state index in [1.807, 2.05) is 0 Å². The van der Waals surface area contributed by atoms with Crippen LogP contribution in [-0.2, 0) is 0 Å². The van der Waals surface area contributed by atoms with Gasteiger partial charge in [-0.15, -0.1) is 0 Å². The average molecular weight is 741 g/mol. The van der Waals surface area contributed by atoms with Crippen LogP contribution < -0.4 is 4.90 Å². The zero-order valence-corrected chi connectivity index (χ0v) is 36.5. The molecule has 0 aliphatic rings. The van der Waals surface area contributed by atoms with Crippen molar-refractivity contribution < 1.29 is 0 Å². The van der Waals surface area contributed by atoms with Crippen LogP contribution in [0.3, 0.4) is 0 Å². The first-order valence-electron chi connectivity index (χ1n) is 20.5. The Morgan fingerprint density at radius 1 is 0.418 bits per heavy atom. The Kier molecular flexibility index (Phi) is 17.8. The van der Waals surface area contributed by atoms with Crippen molar-refractivity contribution in [1.82, 2.24) is 0 Å². The molecule has 0 amide bonds. The molecule has 0 aliphatic heterocycles. The Morgan fingerprint density at radius 2 is 0.655 bits per heavy atom. The molecule has 4 heteroatoms. The van der Waals surface area contributed by atoms with E-state index in [1.165, 1.54) is 16.7 Å². The van der Waals surface area contributed by atoms with E-state index in [0.29, 0.717) is 0 Å². The van der Waals surface area contributed by atoms with Gasteiger partial charge in [-0.2, -0.15) is 0 Å². The molecule has 0 radical (unpaired) electrons. The van der Waals surface area contributed by atoms with Gasteiger partial charge in [-0.05, 0) is 188 Å². The standard InChI is InChI=1S/C51H72N4/c1-40(2)16-13-31-49(7,8)34-37-52-43-19-25-46(26-20-43)55(47-27-21-44(22-28-47)53-38-35-50(9,10)32-14-17-41(3)4)48-29-23-45(24-30-48)54-39-36-51(11,12)33-15-18-42(5)6/h16-30,37-39H,13-15,31-36H2,1-12H3. The molecule has 0 aliphatic carbocycles. The lowest BCUT2D eigenvalue weighted by molar-refractivity contribution is 0.356. The van der Waals surface area contributed by atoms with Crippen molar-refractivity contribution in [1.29, 1.82) is 0 Å². The van der Waals surface area contributed by atoms with Crippen LogP contribution in [0, 0.1) is 16.2 Å². The lowest BCUT2D eigenvalue weighted by atomic mass is 9.84. The maximum absolute atomic E-state index is 4.85. The maximum Gasteiger partial charge on any atom is 0.0627 e. The van der Waals surface area contributed by atoms with E-state index < -0.39 is 0 Å². The first-order chi connectivity index (χ1) is 25.9. The van der Waals surface area contributed by atoms with Crippen LogP contribution in [-0.4, -0.2) is 18.6 Å². The second-order valence-corrected chi connectivity index (χ2v) is 18.4. The fourth-order valence-electron chi connectivity index (χ4n) is 6.27. The molecule has 0 unspecified atom stereocenters. The van der Waals surface area contributed by atoms with Crippen molar-refractivity contribution in [2.24, 2.45) is 31.2 Å². The number of hydrogen-bond donors (Lipinski definition) is 0. The molecule has 3 aromatic rings. The van der Waals surface area contributed by atoms with Gasteiger partial charge in [0.25, 0.3) is 0 Å². The molecule has 0 saturated heterocycles. The number of hydrogen-bond acceptors (Lipinski definition) is 4. The Hall–Kier alpha value is -4.31. The molecule has 3 rings (SSSR count). The molecule has 0 saturated carbocycles. The average Bonchev–Trinajstić information content (AvgIpc) is 3.09. The summed E-state index contributed by atoms with van der Waals surface area (Å²) in [4.78, 5) is 16.8. The van der Waals surface area contributed by atoms with Gasteiger partial charge in [0.05, 0.1) is 17.1 Å². The van der Waals surface area contributed by atoms with Gasteiger partial charge in [0.1, 0.15) is 0 Å². The van der Waals surface area contributed by atoms with Crippen molar-refractivity contribution in [2.75, 3.05) is 4.90 Å². The van der Waals surface area contributed by atoms with Gasteiger partial charge in [0.15, 0.2) is 0 Å². The highest BCUT2D eigenvalue weighted by Crippen LogP contribution is 2.37. The third kappa shape index (κ3) is 17.8. The summed E-state index contributed by atoms with van der Waals surface area (Å²) >= 11 is 0. The van der Waals surface area contributed by atoms with Crippen LogP contribution in [0.25, 0.3) is 0 Å². The summed E-state index contributed by atoms with van der Waals surface area (Å²) < 4.78 is 0. The van der Waals surface area contributed by atoms with E-state index in [2.05, 4.69) is 198 Å². The first kappa shape index (κ1) is 45.1. The van der Waals surface area contributed by atoms with E-state index in [0.717, 1.165) is 91.9 Å². The first-order valence-corrected chi connectivity index (χ1v) is 20.5. The zero-order valence-electron chi connectivity index (χ0n) is 36.5. The van der Waals surface area contributed by atoms with E-state index in [9.17, 15) is 0 Å². The van der Waals surface area contributed by atoms with Crippen LogP contribution in [0.4, 0.5) is 34.1 Å². The highest BCUT2D eigenvalue weighted by Gasteiger charge is 2.18. The third-order valence-corrected chi connectivity index (χ3v) is 10.1. The molecular formula is C51H72N4. The van der Waals surface area contributed by atoms with E-state index in [1.54, 1.807) is 0 Å². The molecule has 0 atom stereocenters. The Morgan fingerprint density at radius 3 is 0.873 bits per heavy atom. The molecule has 55 heavy (non-hydrogen) atoms. The van der Waals surface area contributed by atoms with Crippen LogP contribution in [0.15, 0.2) is 123 Å². The molecule has 0 aromatic heterocycles. The monoisotopic (exact) mass is 741 g/mol. The van der Waals surface area contributed by atoms with Gasteiger partial charge < -0.3 is 4.90 Å². The number of nitrogens with zero attached hydrogens (tertiary/aromatic N) is 4. The Labute approximate surface area is 336 Å². The van der Waals surface area contributed by atoms with Gasteiger partial charge in [0, 0.05) is 35.7 Å². The molecule has 4 nitrogen and oxygen atoms in total. The molecule has 0 heterocycles. The van der Waals surface area contributed by atoms with Crippen molar-refractivity contribution in [3.63, 3.8) is 0 Å². The van der Waals surface area contributed by atoms with Crippen LogP contribution in [0.1, 0.15) is 141 Å². The van der Waals surface area contributed by atoms with Crippen LogP contribution in [0.2, 0.25) is 0 Å². The predicted molar refractivity (Wildman–Crippen MR) is 247 cm³/mol. The van der Waals surface area contributed by atoms with Crippen molar-refractivity contribution in [2.45, 2.75) is 141 Å². The molecule has 3 aromatic carbocycles. The molecule has 0 spiro atoms.